The predicted molar refractivity (Wildman–Crippen MR) is 109 cm³/mol. The first-order chi connectivity index (χ1) is 12.8. The summed E-state index contributed by atoms with van der Waals surface area (Å²) in [6, 6.07) is 4.68. The second-order valence-electron chi connectivity index (χ2n) is 6.12. The smallest absolute Gasteiger partial charge is 0.191 e. The highest BCUT2D eigenvalue weighted by atomic mass is 32.1. The average molecular weight is 394 g/mol. The summed E-state index contributed by atoms with van der Waals surface area (Å²) in [7, 11) is 0. The summed E-state index contributed by atoms with van der Waals surface area (Å²) in [6.07, 6.45) is 0. The summed E-state index contributed by atoms with van der Waals surface area (Å²) in [5.74, 6) is 0.857. The molecule has 0 aliphatic carbocycles. The van der Waals surface area contributed by atoms with E-state index in [0.717, 1.165) is 51.0 Å². The van der Waals surface area contributed by atoms with Crippen LogP contribution < -0.4 is 10.6 Å². The standard InChI is InChI=1S/C18H27N5OS2/c1-3-19-18(21-12-17-14(2)22-13-26-17)20-11-15(16-5-4-10-25-16)23-6-8-24-9-7-23/h4-5,10,13,15H,3,6-9,11-12H2,1-2H3,(H2,19,20,21). The number of rotatable bonds is 7. The van der Waals surface area contributed by atoms with E-state index in [2.05, 4.69) is 45.0 Å². The van der Waals surface area contributed by atoms with Gasteiger partial charge in [0, 0.05) is 35.9 Å². The van der Waals surface area contributed by atoms with E-state index < -0.39 is 0 Å². The fourth-order valence-electron chi connectivity index (χ4n) is 2.94. The summed E-state index contributed by atoms with van der Waals surface area (Å²) in [5, 5.41) is 9.03. The summed E-state index contributed by atoms with van der Waals surface area (Å²) >= 11 is 3.47. The van der Waals surface area contributed by atoms with Crippen LogP contribution in [0.15, 0.2) is 28.0 Å². The molecular formula is C18H27N5OS2. The van der Waals surface area contributed by atoms with Gasteiger partial charge in [-0.05, 0) is 25.3 Å². The summed E-state index contributed by atoms with van der Waals surface area (Å²) in [6.45, 7) is 10.0. The van der Waals surface area contributed by atoms with Crippen LogP contribution in [0.5, 0.6) is 0 Å². The molecule has 0 aromatic carbocycles. The molecule has 2 N–H and O–H groups in total. The molecule has 0 saturated carbocycles. The number of ether oxygens (including phenoxy) is 1. The van der Waals surface area contributed by atoms with E-state index in [-0.39, 0.29) is 0 Å². The van der Waals surface area contributed by atoms with Gasteiger partial charge in [-0.2, -0.15) is 0 Å². The number of aryl methyl sites for hydroxylation is 1. The van der Waals surface area contributed by atoms with Crippen LogP contribution in [0, 0.1) is 6.92 Å². The highest BCUT2D eigenvalue weighted by Crippen LogP contribution is 2.25. The first-order valence-electron chi connectivity index (χ1n) is 9.04. The number of thiazole rings is 1. The van der Waals surface area contributed by atoms with Crippen molar-refractivity contribution >= 4 is 28.6 Å². The Morgan fingerprint density at radius 3 is 2.85 bits per heavy atom. The summed E-state index contributed by atoms with van der Waals surface area (Å²) in [4.78, 5) is 14.1. The van der Waals surface area contributed by atoms with Gasteiger partial charge in [-0.15, -0.1) is 22.7 Å². The van der Waals surface area contributed by atoms with Crippen LogP contribution in [0.2, 0.25) is 0 Å². The van der Waals surface area contributed by atoms with Gasteiger partial charge >= 0.3 is 0 Å². The number of morpholine rings is 1. The highest BCUT2D eigenvalue weighted by Gasteiger charge is 2.23. The molecule has 26 heavy (non-hydrogen) atoms. The van der Waals surface area contributed by atoms with Crippen LogP contribution in [0.1, 0.15) is 28.4 Å². The van der Waals surface area contributed by atoms with Crippen LogP contribution in [-0.2, 0) is 11.3 Å². The van der Waals surface area contributed by atoms with E-state index in [4.69, 9.17) is 9.73 Å². The minimum atomic E-state index is 0.341. The molecule has 6 nitrogen and oxygen atoms in total. The molecular weight excluding hydrogens is 366 g/mol. The minimum Gasteiger partial charge on any atom is -0.379 e. The van der Waals surface area contributed by atoms with E-state index >= 15 is 0 Å². The van der Waals surface area contributed by atoms with Crippen molar-refractivity contribution in [3.05, 3.63) is 38.5 Å². The van der Waals surface area contributed by atoms with Crippen molar-refractivity contribution in [1.29, 1.82) is 0 Å². The van der Waals surface area contributed by atoms with E-state index in [1.165, 1.54) is 9.75 Å². The molecule has 1 unspecified atom stereocenters. The molecule has 1 saturated heterocycles. The normalized spacial score (nSPS) is 17.2. The Balaban J connectivity index is 1.65. The molecule has 0 amide bonds. The third kappa shape index (κ3) is 5.26. The molecule has 1 aliphatic heterocycles. The van der Waals surface area contributed by atoms with Crippen LogP contribution >= 0.6 is 22.7 Å². The Bertz CT molecular complexity index is 680. The predicted octanol–water partition coefficient (Wildman–Crippen LogP) is 2.64. The first-order valence-corrected chi connectivity index (χ1v) is 10.8. The topological polar surface area (TPSA) is 61.8 Å². The van der Waals surface area contributed by atoms with Crippen LogP contribution in [0.4, 0.5) is 0 Å². The van der Waals surface area contributed by atoms with Crippen molar-refractivity contribution in [3.8, 4) is 0 Å². The third-order valence-corrected chi connectivity index (χ3v) is 6.28. The second-order valence-corrected chi connectivity index (χ2v) is 8.04. The molecule has 0 spiro atoms. The van der Waals surface area contributed by atoms with Crippen molar-refractivity contribution in [1.82, 2.24) is 20.5 Å². The zero-order chi connectivity index (χ0) is 18.2. The summed E-state index contributed by atoms with van der Waals surface area (Å²) < 4.78 is 5.52. The molecule has 0 bridgehead atoms. The number of guanidine groups is 1. The van der Waals surface area contributed by atoms with Crippen molar-refractivity contribution < 1.29 is 4.74 Å². The third-order valence-electron chi connectivity index (χ3n) is 4.39. The van der Waals surface area contributed by atoms with Crippen LogP contribution in [0.25, 0.3) is 0 Å². The van der Waals surface area contributed by atoms with Gasteiger partial charge in [0.05, 0.1) is 37.0 Å². The molecule has 8 heteroatoms. The molecule has 1 atom stereocenters. The van der Waals surface area contributed by atoms with E-state index in [1.807, 2.05) is 23.8 Å². The van der Waals surface area contributed by atoms with Gasteiger partial charge in [-0.3, -0.25) is 4.90 Å². The lowest BCUT2D eigenvalue weighted by Crippen LogP contribution is -2.46. The lowest BCUT2D eigenvalue weighted by Gasteiger charge is -2.34. The van der Waals surface area contributed by atoms with E-state index in [0.29, 0.717) is 12.6 Å². The maximum Gasteiger partial charge on any atom is 0.191 e. The number of hydrogen-bond donors (Lipinski definition) is 2. The number of hydrogen-bond acceptors (Lipinski definition) is 6. The molecule has 2 aromatic rings. The lowest BCUT2D eigenvalue weighted by molar-refractivity contribution is 0.0177. The number of aromatic nitrogens is 1. The highest BCUT2D eigenvalue weighted by molar-refractivity contribution is 7.10. The Morgan fingerprint density at radius 2 is 2.19 bits per heavy atom. The van der Waals surface area contributed by atoms with Crippen molar-refractivity contribution in [2.24, 2.45) is 4.99 Å². The summed E-state index contributed by atoms with van der Waals surface area (Å²) in [5.41, 5.74) is 2.95. The molecule has 1 aliphatic rings. The zero-order valence-electron chi connectivity index (χ0n) is 15.4. The fourth-order valence-corrected chi connectivity index (χ4v) is 4.50. The SMILES string of the molecule is CCNC(=NCc1scnc1C)NCC(c1cccs1)N1CCOCC1. The van der Waals surface area contributed by atoms with Gasteiger partial charge < -0.3 is 15.4 Å². The van der Waals surface area contributed by atoms with Gasteiger partial charge in [0.25, 0.3) is 0 Å². The fraction of sp³-hybridized carbons (Fsp3) is 0.556. The Kier molecular flexibility index (Phi) is 7.43. The monoisotopic (exact) mass is 393 g/mol. The maximum atomic E-state index is 5.52. The van der Waals surface area contributed by atoms with Gasteiger partial charge in [0.15, 0.2) is 5.96 Å². The maximum absolute atomic E-state index is 5.52. The van der Waals surface area contributed by atoms with Crippen LogP contribution in [0.3, 0.4) is 0 Å². The van der Waals surface area contributed by atoms with Crippen molar-refractivity contribution in [3.63, 3.8) is 0 Å². The van der Waals surface area contributed by atoms with E-state index in [9.17, 15) is 0 Å². The number of nitrogens with zero attached hydrogens (tertiary/aromatic N) is 3. The van der Waals surface area contributed by atoms with Gasteiger partial charge in [0.1, 0.15) is 0 Å². The lowest BCUT2D eigenvalue weighted by atomic mass is 10.2. The average Bonchev–Trinajstić information content (AvgIpc) is 3.33. The van der Waals surface area contributed by atoms with Gasteiger partial charge in [-0.25, -0.2) is 9.98 Å². The van der Waals surface area contributed by atoms with Crippen molar-refractivity contribution in [2.75, 3.05) is 39.4 Å². The number of thiophene rings is 1. The van der Waals surface area contributed by atoms with Gasteiger partial charge in [-0.1, -0.05) is 6.07 Å². The molecule has 3 rings (SSSR count). The minimum absolute atomic E-state index is 0.341. The largest absolute Gasteiger partial charge is 0.379 e. The Morgan fingerprint density at radius 1 is 1.35 bits per heavy atom. The van der Waals surface area contributed by atoms with Crippen LogP contribution in [-0.4, -0.2) is 55.2 Å². The number of aliphatic imine (C=N–C) groups is 1. The molecule has 0 radical (unpaired) electrons. The Hall–Kier alpha value is -1.48. The van der Waals surface area contributed by atoms with Gasteiger partial charge in [0.2, 0.25) is 0 Å². The zero-order valence-corrected chi connectivity index (χ0v) is 17.0. The molecule has 3 heterocycles. The molecule has 1 fully saturated rings. The quantitative estimate of drug-likeness (QED) is 0.559. The molecule has 2 aromatic heterocycles. The number of nitrogens with one attached hydrogen (secondary N) is 2. The van der Waals surface area contributed by atoms with E-state index in [1.54, 1.807) is 11.3 Å². The molecule has 142 valence electrons. The first kappa shape index (κ1) is 19.3. The second kappa shape index (κ2) is 10.0. The van der Waals surface area contributed by atoms with Crippen molar-refractivity contribution in [2.45, 2.75) is 26.4 Å². The Labute approximate surface area is 163 Å².